The predicted molar refractivity (Wildman–Crippen MR) is 116 cm³/mol. The lowest BCUT2D eigenvalue weighted by atomic mass is 9.98. The van der Waals surface area contributed by atoms with Crippen molar-refractivity contribution in [2.45, 2.75) is 27.1 Å². The first-order chi connectivity index (χ1) is 14.1. The van der Waals surface area contributed by atoms with E-state index in [0.29, 0.717) is 5.00 Å². The highest BCUT2D eigenvalue weighted by Gasteiger charge is 2.69. The van der Waals surface area contributed by atoms with E-state index in [1.54, 1.807) is 17.5 Å². The van der Waals surface area contributed by atoms with Crippen LogP contribution in [0.3, 0.4) is 0 Å². The number of methoxy groups -OCH3 is 1. The number of carbonyl (C=O) groups is 3. The molecule has 2 aliphatic heterocycles. The fraction of sp³-hybridized carbons (Fsp3) is 0.471. The Morgan fingerprint density at radius 2 is 2.10 bits per heavy atom. The summed E-state index contributed by atoms with van der Waals surface area (Å²) in [6.07, 6.45) is 1.37. The number of anilines is 1. The highest BCUT2D eigenvalue weighted by Crippen LogP contribution is 2.51. The van der Waals surface area contributed by atoms with Gasteiger partial charge in [-0.25, -0.2) is 0 Å². The molecular formula is C17H17Cl3N2O6S2. The molecule has 30 heavy (non-hydrogen) atoms. The first kappa shape index (κ1) is 23.6. The lowest BCUT2D eigenvalue weighted by Crippen LogP contribution is -2.80. The summed E-state index contributed by atoms with van der Waals surface area (Å²) in [6, 6.07) is 3.44. The molecule has 1 N–H and O–H groups in total. The molecule has 2 amide bonds. The van der Waals surface area contributed by atoms with Crippen LogP contribution in [0.5, 0.6) is 0 Å². The van der Waals surface area contributed by atoms with Gasteiger partial charge in [-0.2, -0.15) is 0 Å². The minimum atomic E-state index is -1.79. The zero-order valence-electron chi connectivity index (χ0n) is 15.7. The lowest BCUT2D eigenvalue weighted by Gasteiger charge is -2.58. The van der Waals surface area contributed by atoms with Crippen LogP contribution < -0.4 is 4.90 Å². The van der Waals surface area contributed by atoms with E-state index in [1.165, 1.54) is 41.4 Å². The van der Waals surface area contributed by atoms with Crippen molar-refractivity contribution in [2.75, 3.05) is 25.2 Å². The van der Waals surface area contributed by atoms with Crippen LogP contribution in [0.4, 0.5) is 5.00 Å². The molecule has 1 aromatic heterocycles. The largest absolute Gasteiger partial charge is 0.460 e. The second-order valence-corrected chi connectivity index (χ2v) is 11.0. The third-order valence-electron chi connectivity index (χ3n) is 4.49. The number of hydrogen-bond donors (Lipinski definition) is 1. The van der Waals surface area contributed by atoms with Crippen molar-refractivity contribution in [3.05, 3.63) is 29.3 Å². The number of β-lactam (4-membered cyclic amide) rings is 1. The van der Waals surface area contributed by atoms with E-state index in [-0.39, 0.29) is 5.57 Å². The van der Waals surface area contributed by atoms with Crippen molar-refractivity contribution < 1.29 is 29.0 Å². The van der Waals surface area contributed by atoms with E-state index < -0.39 is 51.1 Å². The molecule has 13 heteroatoms. The molecule has 3 rings (SSSR count). The van der Waals surface area contributed by atoms with E-state index >= 15 is 0 Å². The number of aliphatic hydroxyl groups excluding tert-OH is 1. The number of thioether (sulfide) groups is 1. The predicted octanol–water partition coefficient (Wildman–Crippen LogP) is 2.52. The van der Waals surface area contributed by atoms with Gasteiger partial charge in [-0.1, -0.05) is 34.8 Å². The molecule has 8 nitrogen and oxygen atoms in total. The quantitative estimate of drug-likeness (QED) is 0.269. The van der Waals surface area contributed by atoms with Gasteiger partial charge in [-0.3, -0.25) is 24.2 Å². The van der Waals surface area contributed by atoms with Crippen molar-refractivity contribution >= 4 is 80.7 Å². The number of amides is 2. The maximum Gasteiger partial charge on any atom is 0.323 e. The molecule has 1 fully saturated rings. The molecule has 0 aromatic carbocycles. The molecule has 0 bridgehead atoms. The van der Waals surface area contributed by atoms with Crippen LogP contribution in [0, 0.1) is 0 Å². The number of nitrogens with zero attached hydrogens (tertiary/aromatic N) is 2. The number of aliphatic hydroxyl groups is 1. The summed E-state index contributed by atoms with van der Waals surface area (Å²) in [5, 5.41) is 10.2. The number of esters is 1. The van der Waals surface area contributed by atoms with Crippen molar-refractivity contribution in [3.8, 4) is 0 Å². The molecule has 0 spiro atoms. The summed E-state index contributed by atoms with van der Waals surface area (Å²) in [5.74, 6) is -1.65. The number of rotatable bonds is 6. The molecule has 2 unspecified atom stereocenters. The van der Waals surface area contributed by atoms with Gasteiger partial charge >= 0.3 is 5.97 Å². The molecule has 3 atom stereocenters. The first-order valence-corrected chi connectivity index (χ1v) is 11.4. The van der Waals surface area contributed by atoms with Gasteiger partial charge in [-0.05, 0) is 23.1 Å². The van der Waals surface area contributed by atoms with Gasteiger partial charge in [0, 0.05) is 20.2 Å². The van der Waals surface area contributed by atoms with Gasteiger partial charge in [-0.15, -0.1) is 23.1 Å². The van der Waals surface area contributed by atoms with Gasteiger partial charge in [0.2, 0.25) is 9.70 Å². The summed E-state index contributed by atoms with van der Waals surface area (Å²) in [5.41, 5.74) is -1.42. The number of halogens is 3. The van der Waals surface area contributed by atoms with Crippen molar-refractivity contribution in [3.63, 3.8) is 0 Å². The zero-order valence-corrected chi connectivity index (χ0v) is 19.6. The molecule has 164 valence electrons. The molecule has 0 radical (unpaired) electrons. The summed E-state index contributed by atoms with van der Waals surface area (Å²) >= 11 is 19.2. The monoisotopic (exact) mass is 514 g/mol. The maximum absolute atomic E-state index is 13.1. The second kappa shape index (κ2) is 8.85. The molecular weight excluding hydrogens is 499 g/mol. The van der Waals surface area contributed by atoms with Crippen molar-refractivity contribution in [1.29, 1.82) is 0 Å². The second-order valence-electron chi connectivity index (χ2n) is 6.37. The van der Waals surface area contributed by atoms with E-state index in [1.807, 2.05) is 0 Å². The summed E-state index contributed by atoms with van der Waals surface area (Å²) < 4.78 is 8.88. The van der Waals surface area contributed by atoms with Gasteiger partial charge < -0.3 is 14.6 Å². The molecule has 0 saturated carbocycles. The zero-order chi connectivity index (χ0) is 22.3. The first-order valence-electron chi connectivity index (χ1n) is 8.49. The number of fused-ring (bicyclic) bond motifs is 1. The van der Waals surface area contributed by atoms with Crippen LogP contribution >= 0.6 is 57.9 Å². The highest BCUT2D eigenvalue weighted by atomic mass is 35.6. The average Bonchev–Trinajstić information content (AvgIpc) is 3.21. The topological polar surface area (TPSA) is 96.4 Å². The fourth-order valence-electron chi connectivity index (χ4n) is 3.26. The number of hydrogen-bond acceptors (Lipinski definition) is 8. The van der Waals surface area contributed by atoms with E-state index in [0.717, 1.165) is 11.8 Å². The van der Waals surface area contributed by atoms with Crippen LogP contribution in [-0.2, 0) is 23.9 Å². The Labute approximate surface area is 195 Å². The fourth-order valence-corrected chi connectivity index (χ4v) is 5.77. The normalized spacial score (nSPS) is 25.9. The van der Waals surface area contributed by atoms with Crippen LogP contribution in [0.25, 0.3) is 0 Å². The third kappa shape index (κ3) is 4.06. The summed E-state index contributed by atoms with van der Waals surface area (Å²) in [7, 11) is 1.32. The van der Waals surface area contributed by atoms with E-state index in [9.17, 15) is 19.5 Å². The van der Waals surface area contributed by atoms with Crippen LogP contribution in [0.15, 0.2) is 29.3 Å². The van der Waals surface area contributed by atoms with Crippen molar-refractivity contribution in [1.82, 2.24) is 4.90 Å². The van der Waals surface area contributed by atoms with Crippen LogP contribution in [0.1, 0.15) is 6.92 Å². The Hall–Kier alpha value is -1.01. The minimum Gasteiger partial charge on any atom is -0.460 e. The Morgan fingerprint density at radius 1 is 1.40 bits per heavy atom. The average molecular weight is 516 g/mol. The molecule has 2 aliphatic rings. The SMILES string of the molecule is COC1(N(C(C)=O)c2cccs2)C(=O)N2C=C(CO)C(C(=O)OCC(Cl)(Cl)Cl)S[C@@H]21. The van der Waals surface area contributed by atoms with Crippen LogP contribution in [-0.4, -0.2) is 68.3 Å². The Kier molecular flexibility index (Phi) is 6.98. The Bertz CT molecular complexity index is 875. The number of thiophene rings is 1. The smallest absolute Gasteiger partial charge is 0.323 e. The maximum atomic E-state index is 13.1. The number of ether oxygens (including phenoxy) is 2. The summed E-state index contributed by atoms with van der Waals surface area (Å²) in [4.78, 5) is 40.8. The number of carbonyl (C=O) groups excluding carboxylic acids is 3. The summed E-state index contributed by atoms with van der Waals surface area (Å²) in [6.45, 7) is 0.355. The lowest BCUT2D eigenvalue weighted by molar-refractivity contribution is -0.182. The van der Waals surface area contributed by atoms with E-state index in [2.05, 4.69) is 0 Å². The molecule has 3 heterocycles. The van der Waals surface area contributed by atoms with Gasteiger partial charge in [0.15, 0.2) is 0 Å². The Morgan fingerprint density at radius 3 is 2.60 bits per heavy atom. The highest BCUT2D eigenvalue weighted by molar-refractivity contribution is 8.01. The van der Waals surface area contributed by atoms with E-state index in [4.69, 9.17) is 44.3 Å². The van der Waals surface area contributed by atoms with Crippen LogP contribution in [0.2, 0.25) is 0 Å². The van der Waals surface area contributed by atoms with Crippen molar-refractivity contribution in [2.24, 2.45) is 0 Å². The minimum absolute atomic E-state index is 0.245. The van der Waals surface area contributed by atoms with Gasteiger partial charge in [0.25, 0.3) is 11.6 Å². The van der Waals surface area contributed by atoms with Gasteiger partial charge in [0.05, 0.1) is 6.61 Å². The number of alkyl halides is 3. The molecule has 1 saturated heterocycles. The molecule has 0 aliphatic carbocycles. The third-order valence-corrected chi connectivity index (χ3v) is 7.25. The standard InChI is InChI=1S/C17H17Cl3N2O6S2/c1-9(24)22(11-4-3-5-29-11)17(27-2)14(26)21-6-10(7-23)12(30-15(17)21)13(25)28-8-16(18,19)20/h3-6,12,15,23H,7-8H2,1-2H3/t12?,15-,17?/m1/s1. The van der Waals surface area contributed by atoms with Gasteiger partial charge in [0.1, 0.15) is 22.2 Å². The Balaban J connectivity index is 1.94. The molecule has 1 aromatic rings.